The molecule has 0 aliphatic heterocycles. The molecule has 0 fully saturated rings. The van der Waals surface area contributed by atoms with E-state index in [1.807, 2.05) is 17.9 Å². The van der Waals surface area contributed by atoms with E-state index >= 15 is 0 Å². The van der Waals surface area contributed by atoms with E-state index < -0.39 is 0 Å². The van der Waals surface area contributed by atoms with Gasteiger partial charge in [-0.3, -0.25) is 4.68 Å². The van der Waals surface area contributed by atoms with E-state index in [1.54, 1.807) is 0 Å². The van der Waals surface area contributed by atoms with Gasteiger partial charge in [0.05, 0.1) is 6.20 Å². The summed E-state index contributed by atoms with van der Waals surface area (Å²) in [7, 11) is 1.96. The predicted molar refractivity (Wildman–Crippen MR) is 83.9 cm³/mol. The molecule has 0 aliphatic rings. The van der Waals surface area contributed by atoms with E-state index in [0.717, 1.165) is 19.4 Å². The van der Waals surface area contributed by atoms with E-state index in [1.165, 1.54) is 23.1 Å². The first-order valence-electron chi connectivity index (χ1n) is 7.40. The molecule has 0 bridgehead atoms. The van der Waals surface area contributed by atoms with Crippen molar-refractivity contribution in [3.63, 3.8) is 0 Å². The van der Waals surface area contributed by atoms with Crippen LogP contribution in [0.4, 0.5) is 0 Å². The Balaban J connectivity index is 1.66. The molecule has 1 N–H and O–H groups in total. The molecule has 1 unspecified atom stereocenters. The first-order valence-corrected chi connectivity index (χ1v) is 7.40. The monoisotopic (exact) mass is 271 g/mol. The van der Waals surface area contributed by atoms with Crippen LogP contribution in [0.3, 0.4) is 0 Å². The molecule has 0 spiro atoms. The predicted octanol–water partition coefficient (Wildman–Crippen LogP) is 2.88. The van der Waals surface area contributed by atoms with Crippen molar-refractivity contribution in [2.45, 2.75) is 39.2 Å². The van der Waals surface area contributed by atoms with Crippen molar-refractivity contribution >= 4 is 0 Å². The quantitative estimate of drug-likeness (QED) is 0.839. The molecule has 3 nitrogen and oxygen atoms in total. The summed E-state index contributed by atoms with van der Waals surface area (Å²) in [6.07, 6.45) is 7.39. The second-order valence-electron chi connectivity index (χ2n) is 5.66. The second-order valence-corrected chi connectivity index (χ2v) is 5.66. The van der Waals surface area contributed by atoms with Crippen LogP contribution < -0.4 is 5.32 Å². The summed E-state index contributed by atoms with van der Waals surface area (Å²) in [5, 5.41) is 7.78. The van der Waals surface area contributed by atoms with Crippen LogP contribution in [0.1, 0.15) is 30.0 Å². The average Bonchev–Trinajstić information content (AvgIpc) is 2.82. The second kappa shape index (κ2) is 7.25. The number of aromatic nitrogens is 2. The largest absolute Gasteiger partial charge is 0.314 e. The van der Waals surface area contributed by atoms with Gasteiger partial charge in [0, 0.05) is 19.3 Å². The van der Waals surface area contributed by atoms with Gasteiger partial charge in [-0.1, -0.05) is 29.8 Å². The van der Waals surface area contributed by atoms with Crippen molar-refractivity contribution in [3.8, 4) is 0 Å². The fourth-order valence-electron chi connectivity index (χ4n) is 2.42. The minimum Gasteiger partial charge on any atom is -0.314 e. The minimum atomic E-state index is 0.548. The third kappa shape index (κ3) is 4.82. The zero-order valence-electron chi connectivity index (χ0n) is 12.8. The van der Waals surface area contributed by atoms with Crippen LogP contribution in [0.15, 0.2) is 36.7 Å². The van der Waals surface area contributed by atoms with Crippen molar-refractivity contribution < 1.29 is 0 Å². The summed E-state index contributed by atoms with van der Waals surface area (Å²) < 4.78 is 1.86. The van der Waals surface area contributed by atoms with Crippen LogP contribution in [-0.2, 0) is 19.9 Å². The first kappa shape index (κ1) is 14.8. The van der Waals surface area contributed by atoms with Gasteiger partial charge in [0.2, 0.25) is 0 Å². The number of rotatable bonds is 7. The highest BCUT2D eigenvalue weighted by atomic mass is 15.2. The standard InChI is InChI=1S/C17H25N3/c1-14-5-4-6-16(11-14)8-7-15(2)18-10-9-17-12-19-20(3)13-17/h4-6,11-13,15,18H,7-10H2,1-3H3. The molecule has 1 atom stereocenters. The Morgan fingerprint density at radius 2 is 2.10 bits per heavy atom. The van der Waals surface area contributed by atoms with Crippen molar-refractivity contribution in [3.05, 3.63) is 53.3 Å². The van der Waals surface area contributed by atoms with Crippen molar-refractivity contribution in [1.82, 2.24) is 15.1 Å². The zero-order valence-corrected chi connectivity index (χ0v) is 12.8. The van der Waals surface area contributed by atoms with Crippen molar-refractivity contribution in [2.24, 2.45) is 7.05 Å². The molecule has 0 saturated carbocycles. The van der Waals surface area contributed by atoms with E-state index in [0.29, 0.717) is 6.04 Å². The lowest BCUT2D eigenvalue weighted by Crippen LogP contribution is -2.28. The molecule has 108 valence electrons. The van der Waals surface area contributed by atoms with Crippen LogP contribution >= 0.6 is 0 Å². The Morgan fingerprint density at radius 1 is 1.25 bits per heavy atom. The highest BCUT2D eigenvalue weighted by Gasteiger charge is 2.03. The van der Waals surface area contributed by atoms with Crippen LogP contribution in [0.5, 0.6) is 0 Å². The Hall–Kier alpha value is -1.61. The van der Waals surface area contributed by atoms with Gasteiger partial charge in [-0.05, 0) is 50.8 Å². The topological polar surface area (TPSA) is 29.9 Å². The number of nitrogens with zero attached hydrogens (tertiary/aromatic N) is 2. The van der Waals surface area contributed by atoms with Gasteiger partial charge in [-0.2, -0.15) is 5.10 Å². The van der Waals surface area contributed by atoms with E-state index in [2.05, 4.69) is 54.7 Å². The average molecular weight is 271 g/mol. The van der Waals surface area contributed by atoms with Gasteiger partial charge >= 0.3 is 0 Å². The van der Waals surface area contributed by atoms with Gasteiger partial charge < -0.3 is 5.32 Å². The summed E-state index contributed by atoms with van der Waals surface area (Å²) in [5.74, 6) is 0. The molecule has 2 rings (SSSR count). The van der Waals surface area contributed by atoms with E-state index in [4.69, 9.17) is 0 Å². The Kier molecular flexibility index (Phi) is 5.36. The molecule has 0 amide bonds. The van der Waals surface area contributed by atoms with Crippen LogP contribution in [-0.4, -0.2) is 22.4 Å². The fourth-order valence-corrected chi connectivity index (χ4v) is 2.42. The maximum absolute atomic E-state index is 4.19. The molecule has 1 heterocycles. The van der Waals surface area contributed by atoms with Gasteiger partial charge in [0.1, 0.15) is 0 Å². The summed E-state index contributed by atoms with van der Waals surface area (Å²) in [5.41, 5.74) is 4.08. The Morgan fingerprint density at radius 3 is 2.80 bits per heavy atom. The van der Waals surface area contributed by atoms with Crippen LogP contribution in [0.2, 0.25) is 0 Å². The number of nitrogens with one attached hydrogen (secondary N) is 1. The zero-order chi connectivity index (χ0) is 14.4. The summed E-state index contributed by atoms with van der Waals surface area (Å²) in [6, 6.07) is 9.34. The van der Waals surface area contributed by atoms with Crippen LogP contribution in [0, 0.1) is 6.92 Å². The summed E-state index contributed by atoms with van der Waals surface area (Å²) in [6.45, 7) is 5.43. The lowest BCUT2D eigenvalue weighted by molar-refractivity contribution is 0.517. The molecule has 0 radical (unpaired) electrons. The fraction of sp³-hybridized carbons (Fsp3) is 0.471. The molecule has 1 aromatic heterocycles. The molecule has 3 heteroatoms. The minimum absolute atomic E-state index is 0.548. The van der Waals surface area contributed by atoms with Crippen molar-refractivity contribution in [1.29, 1.82) is 0 Å². The van der Waals surface area contributed by atoms with E-state index in [-0.39, 0.29) is 0 Å². The molecule has 1 aromatic carbocycles. The maximum Gasteiger partial charge on any atom is 0.0522 e. The van der Waals surface area contributed by atoms with Gasteiger partial charge in [0.15, 0.2) is 0 Å². The van der Waals surface area contributed by atoms with Gasteiger partial charge in [-0.15, -0.1) is 0 Å². The Bertz CT molecular complexity index is 531. The Labute approximate surface area is 122 Å². The van der Waals surface area contributed by atoms with Crippen molar-refractivity contribution in [2.75, 3.05) is 6.54 Å². The molecule has 0 aliphatic carbocycles. The summed E-state index contributed by atoms with van der Waals surface area (Å²) >= 11 is 0. The molecular formula is C17H25N3. The summed E-state index contributed by atoms with van der Waals surface area (Å²) in [4.78, 5) is 0. The highest BCUT2D eigenvalue weighted by Crippen LogP contribution is 2.08. The smallest absolute Gasteiger partial charge is 0.0522 e. The number of benzene rings is 1. The highest BCUT2D eigenvalue weighted by molar-refractivity contribution is 5.22. The SMILES string of the molecule is Cc1cccc(CCC(C)NCCc2cnn(C)c2)c1. The molecular weight excluding hydrogens is 246 g/mol. The van der Waals surface area contributed by atoms with Crippen LogP contribution in [0.25, 0.3) is 0 Å². The third-order valence-electron chi connectivity index (χ3n) is 3.61. The van der Waals surface area contributed by atoms with Gasteiger partial charge in [0.25, 0.3) is 0 Å². The lowest BCUT2D eigenvalue weighted by atomic mass is 10.0. The normalized spacial score (nSPS) is 12.6. The molecule has 20 heavy (non-hydrogen) atoms. The van der Waals surface area contributed by atoms with Gasteiger partial charge in [-0.25, -0.2) is 0 Å². The molecule has 2 aromatic rings. The van der Waals surface area contributed by atoms with E-state index in [9.17, 15) is 0 Å². The lowest BCUT2D eigenvalue weighted by Gasteiger charge is -2.13. The third-order valence-corrected chi connectivity index (χ3v) is 3.61. The first-order chi connectivity index (χ1) is 9.63. The number of aryl methyl sites for hydroxylation is 3. The number of hydrogen-bond acceptors (Lipinski definition) is 2. The maximum atomic E-state index is 4.19. The molecule has 0 saturated heterocycles. The number of hydrogen-bond donors (Lipinski definition) is 1.